The van der Waals surface area contributed by atoms with Crippen molar-refractivity contribution < 1.29 is 28.5 Å². The first-order chi connectivity index (χ1) is 11.5. The number of carbonyl (C=O) groups is 2. The number of amides is 1. The number of rotatable bonds is 10. The predicted octanol–water partition coefficient (Wildman–Crippen LogP) is 1.28. The van der Waals surface area contributed by atoms with Crippen LogP contribution in [-0.4, -0.2) is 64.9 Å². The lowest BCUT2D eigenvalue weighted by atomic mass is 10.1. The third kappa shape index (κ3) is 6.08. The van der Waals surface area contributed by atoms with Gasteiger partial charge in [-0.3, -0.25) is 9.59 Å². The van der Waals surface area contributed by atoms with Crippen LogP contribution in [0.4, 0.5) is 0 Å². The van der Waals surface area contributed by atoms with Crippen molar-refractivity contribution in [2.75, 3.05) is 48.1 Å². The average molecular weight is 339 g/mol. The molecule has 0 N–H and O–H groups in total. The molecule has 0 bridgehead atoms. The van der Waals surface area contributed by atoms with Crippen molar-refractivity contribution in [1.29, 1.82) is 0 Å². The van der Waals surface area contributed by atoms with Crippen molar-refractivity contribution in [3.63, 3.8) is 0 Å². The van der Waals surface area contributed by atoms with Crippen molar-refractivity contribution in [2.24, 2.45) is 0 Å². The first kappa shape index (κ1) is 19.8. The van der Waals surface area contributed by atoms with Gasteiger partial charge in [-0.2, -0.15) is 0 Å². The Balaban J connectivity index is 2.72. The molecule has 0 heterocycles. The molecular weight excluding hydrogens is 314 g/mol. The summed E-state index contributed by atoms with van der Waals surface area (Å²) < 4.78 is 20.0. The molecular formula is C17H25NO6. The highest BCUT2D eigenvalue weighted by Crippen LogP contribution is 2.27. The maximum Gasteiger partial charge on any atom is 0.307 e. The Morgan fingerprint density at radius 2 is 1.71 bits per heavy atom. The molecule has 0 radical (unpaired) electrons. The van der Waals surface area contributed by atoms with E-state index in [9.17, 15) is 9.59 Å². The number of hydrogen-bond acceptors (Lipinski definition) is 6. The van der Waals surface area contributed by atoms with Gasteiger partial charge in [0, 0.05) is 20.2 Å². The molecule has 0 aliphatic carbocycles. The quantitative estimate of drug-likeness (QED) is 0.598. The minimum absolute atomic E-state index is 0.0207. The van der Waals surface area contributed by atoms with E-state index in [4.69, 9.17) is 14.2 Å². The lowest BCUT2D eigenvalue weighted by molar-refractivity contribution is -0.142. The summed E-state index contributed by atoms with van der Waals surface area (Å²) >= 11 is 0. The molecule has 0 saturated heterocycles. The zero-order valence-corrected chi connectivity index (χ0v) is 14.7. The van der Waals surface area contributed by atoms with Gasteiger partial charge in [0.15, 0.2) is 11.5 Å². The molecule has 1 amide bonds. The van der Waals surface area contributed by atoms with Gasteiger partial charge in [0.25, 0.3) is 0 Å². The van der Waals surface area contributed by atoms with Crippen LogP contribution in [0.3, 0.4) is 0 Å². The van der Waals surface area contributed by atoms with E-state index in [0.29, 0.717) is 31.0 Å². The Labute approximate surface area is 142 Å². The summed E-state index contributed by atoms with van der Waals surface area (Å²) in [4.78, 5) is 25.0. The lowest BCUT2D eigenvalue weighted by Gasteiger charge is -2.22. The van der Waals surface area contributed by atoms with Gasteiger partial charge in [-0.15, -0.1) is 0 Å². The van der Waals surface area contributed by atoms with E-state index in [0.717, 1.165) is 5.56 Å². The summed E-state index contributed by atoms with van der Waals surface area (Å²) in [7, 11) is 5.94. The largest absolute Gasteiger partial charge is 0.493 e. The Kier molecular flexibility index (Phi) is 8.64. The Hall–Kier alpha value is -2.28. The Bertz CT molecular complexity index is 546. The number of hydrogen-bond donors (Lipinski definition) is 0. The molecule has 134 valence electrons. The van der Waals surface area contributed by atoms with Crippen LogP contribution >= 0.6 is 0 Å². The van der Waals surface area contributed by atoms with Crippen molar-refractivity contribution in [2.45, 2.75) is 12.8 Å². The number of ether oxygens (including phenoxy) is 4. The zero-order chi connectivity index (χ0) is 17.9. The number of esters is 1. The fourth-order valence-corrected chi connectivity index (χ4v) is 2.20. The molecule has 0 unspecified atom stereocenters. The summed E-state index contributed by atoms with van der Waals surface area (Å²) in [5.74, 6) is 0.775. The van der Waals surface area contributed by atoms with Crippen LogP contribution in [0.1, 0.15) is 12.0 Å². The highest BCUT2D eigenvalue weighted by molar-refractivity contribution is 5.78. The van der Waals surface area contributed by atoms with Crippen LogP contribution in [0, 0.1) is 0 Å². The van der Waals surface area contributed by atoms with Crippen molar-refractivity contribution in [3.8, 4) is 11.5 Å². The second-order valence-corrected chi connectivity index (χ2v) is 5.08. The monoisotopic (exact) mass is 339 g/mol. The molecule has 0 aromatic heterocycles. The maximum atomic E-state index is 12.1. The molecule has 0 atom stereocenters. The molecule has 7 heteroatoms. The number of carbonyl (C=O) groups excluding carboxylic acids is 2. The minimum Gasteiger partial charge on any atom is -0.493 e. The summed E-state index contributed by atoms with van der Waals surface area (Å²) in [5, 5.41) is 0. The maximum absolute atomic E-state index is 12.1. The van der Waals surface area contributed by atoms with Gasteiger partial charge in [-0.25, -0.2) is 0 Å². The van der Waals surface area contributed by atoms with Crippen LogP contribution in [0.15, 0.2) is 18.2 Å². The summed E-state index contributed by atoms with van der Waals surface area (Å²) in [6.45, 7) is 0.740. The Morgan fingerprint density at radius 1 is 1.00 bits per heavy atom. The molecule has 0 saturated carbocycles. The second-order valence-electron chi connectivity index (χ2n) is 5.08. The van der Waals surface area contributed by atoms with Crippen LogP contribution in [-0.2, 0) is 25.5 Å². The molecule has 1 aromatic carbocycles. The van der Waals surface area contributed by atoms with Gasteiger partial charge in [0.1, 0.15) is 6.61 Å². The predicted molar refractivity (Wildman–Crippen MR) is 88.3 cm³/mol. The van der Waals surface area contributed by atoms with Crippen LogP contribution < -0.4 is 9.47 Å². The third-order valence-corrected chi connectivity index (χ3v) is 3.55. The molecule has 0 aliphatic rings. The minimum atomic E-state index is -0.351. The van der Waals surface area contributed by atoms with Gasteiger partial charge in [-0.05, 0) is 24.1 Å². The van der Waals surface area contributed by atoms with Crippen LogP contribution in [0.25, 0.3) is 0 Å². The highest BCUT2D eigenvalue weighted by atomic mass is 16.5. The summed E-state index contributed by atoms with van der Waals surface area (Å²) in [6, 6.07) is 5.61. The Morgan fingerprint density at radius 3 is 2.29 bits per heavy atom. The van der Waals surface area contributed by atoms with E-state index >= 15 is 0 Å². The highest BCUT2D eigenvalue weighted by Gasteiger charge is 2.15. The summed E-state index contributed by atoms with van der Waals surface area (Å²) in [5.41, 5.74) is 1.00. The van der Waals surface area contributed by atoms with E-state index < -0.39 is 0 Å². The van der Waals surface area contributed by atoms with Crippen LogP contribution in [0.2, 0.25) is 0 Å². The average Bonchev–Trinajstić information content (AvgIpc) is 2.61. The van der Waals surface area contributed by atoms with E-state index in [1.54, 1.807) is 19.1 Å². The molecule has 24 heavy (non-hydrogen) atoms. The molecule has 1 aromatic rings. The summed E-state index contributed by atoms with van der Waals surface area (Å²) in [6.07, 6.45) is 0.773. The van der Waals surface area contributed by atoms with E-state index in [1.807, 2.05) is 18.2 Å². The number of benzene rings is 1. The SMILES string of the molecule is COCC(=O)N(CCC(=O)OC)CCc1ccc(OC)c(OC)c1. The van der Waals surface area contributed by atoms with Crippen molar-refractivity contribution in [1.82, 2.24) is 4.90 Å². The molecule has 0 fully saturated rings. The fourth-order valence-electron chi connectivity index (χ4n) is 2.20. The van der Waals surface area contributed by atoms with E-state index in [2.05, 4.69) is 4.74 Å². The zero-order valence-electron chi connectivity index (χ0n) is 14.7. The molecule has 0 aliphatic heterocycles. The second kappa shape index (κ2) is 10.5. The topological polar surface area (TPSA) is 74.3 Å². The standard InChI is InChI=1S/C17H25NO6/c1-21-12-16(19)18(10-8-17(20)24-4)9-7-13-5-6-14(22-2)15(11-13)23-3/h5-6,11H,7-10,12H2,1-4H3. The fraction of sp³-hybridized carbons (Fsp3) is 0.529. The number of methoxy groups -OCH3 is 4. The van der Waals surface area contributed by atoms with Gasteiger partial charge < -0.3 is 23.8 Å². The van der Waals surface area contributed by atoms with E-state index in [-0.39, 0.29) is 24.9 Å². The van der Waals surface area contributed by atoms with Crippen LogP contribution in [0.5, 0.6) is 11.5 Å². The molecule has 0 spiro atoms. The first-order valence-electron chi connectivity index (χ1n) is 7.60. The number of nitrogens with zero attached hydrogens (tertiary/aromatic N) is 1. The van der Waals surface area contributed by atoms with Gasteiger partial charge in [0.05, 0.1) is 27.8 Å². The first-order valence-corrected chi connectivity index (χ1v) is 7.60. The third-order valence-electron chi connectivity index (χ3n) is 3.55. The van der Waals surface area contributed by atoms with Crippen molar-refractivity contribution in [3.05, 3.63) is 23.8 Å². The molecule has 7 nitrogen and oxygen atoms in total. The molecule has 1 rings (SSSR count). The van der Waals surface area contributed by atoms with Gasteiger partial charge >= 0.3 is 5.97 Å². The van der Waals surface area contributed by atoms with Gasteiger partial charge in [-0.1, -0.05) is 6.07 Å². The lowest BCUT2D eigenvalue weighted by Crippen LogP contribution is -2.37. The van der Waals surface area contributed by atoms with Crippen molar-refractivity contribution >= 4 is 11.9 Å². The van der Waals surface area contributed by atoms with E-state index in [1.165, 1.54) is 14.2 Å². The smallest absolute Gasteiger partial charge is 0.307 e. The normalized spacial score (nSPS) is 10.2. The van der Waals surface area contributed by atoms with Gasteiger partial charge in [0.2, 0.25) is 5.91 Å².